The maximum absolute atomic E-state index is 13.6. The third-order valence-electron chi connectivity index (χ3n) is 4.02. The highest BCUT2D eigenvalue weighted by atomic mass is 32.2. The van der Waals surface area contributed by atoms with Crippen molar-refractivity contribution in [1.29, 1.82) is 0 Å². The molecule has 2 heterocycles. The summed E-state index contributed by atoms with van der Waals surface area (Å²) in [6.07, 6.45) is 0. The van der Waals surface area contributed by atoms with E-state index in [1.54, 1.807) is 17.8 Å². The van der Waals surface area contributed by atoms with Crippen molar-refractivity contribution in [3.8, 4) is 0 Å². The lowest BCUT2D eigenvalue weighted by molar-refractivity contribution is 0.123. The lowest BCUT2D eigenvalue weighted by Gasteiger charge is -2.34. The lowest BCUT2D eigenvalue weighted by atomic mass is 10.3. The van der Waals surface area contributed by atoms with Crippen molar-refractivity contribution < 1.29 is 8.91 Å². The number of halogens is 1. The Morgan fingerprint density at radius 2 is 1.91 bits per heavy atom. The molecule has 0 unspecified atom stereocenters. The molecule has 0 N–H and O–H groups in total. The molecule has 1 aromatic heterocycles. The van der Waals surface area contributed by atoms with Crippen LogP contribution in [0.1, 0.15) is 11.5 Å². The minimum Gasteiger partial charge on any atom is -0.360 e. The minimum absolute atomic E-state index is 0.121. The Hall–Kier alpha value is -1.37. The SMILES string of the molecule is Cc1cc(CN2CCN(CCSc3ccccc3F)CC2)on1. The standard InChI is InChI=1S/C17H22FN3OS/c1-14-12-15(22-19-14)13-21-8-6-20(7-9-21)10-11-23-17-5-3-2-4-16(17)18/h2-5,12H,6-11,13H2,1H3. The smallest absolute Gasteiger partial charge is 0.150 e. The molecule has 1 aliphatic rings. The molecule has 0 spiro atoms. The van der Waals surface area contributed by atoms with Crippen molar-refractivity contribution in [3.63, 3.8) is 0 Å². The van der Waals surface area contributed by atoms with Gasteiger partial charge in [0, 0.05) is 49.4 Å². The van der Waals surface area contributed by atoms with E-state index in [0.29, 0.717) is 0 Å². The van der Waals surface area contributed by atoms with Crippen molar-refractivity contribution in [2.45, 2.75) is 18.4 Å². The van der Waals surface area contributed by atoms with Crippen LogP contribution in [0.25, 0.3) is 0 Å². The van der Waals surface area contributed by atoms with E-state index in [0.717, 1.165) is 61.4 Å². The zero-order valence-corrected chi connectivity index (χ0v) is 14.2. The van der Waals surface area contributed by atoms with Crippen LogP contribution in [0.2, 0.25) is 0 Å². The molecule has 0 atom stereocenters. The predicted octanol–water partition coefficient (Wildman–Crippen LogP) is 3.03. The van der Waals surface area contributed by atoms with Gasteiger partial charge in [-0.2, -0.15) is 0 Å². The first kappa shape index (κ1) is 16.5. The Morgan fingerprint density at radius 1 is 1.17 bits per heavy atom. The Morgan fingerprint density at radius 3 is 2.61 bits per heavy atom. The number of hydrogen-bond acceptors (Lipinski definition) is 5. The fourth-order valence-electron chi connectivity index (χ4n) is 2.73. The topological polar surface area (TPSA) is 32.5 Å². The highest BCUT2D eigenvalue weighted by molar-refractivity contribution is 7.99. The van der Waals surface area contributed by atoms with E-state index >= 15 is 0 Å². The Balaban J connectivity index is 1.37. The molecule has 4 nitrogen and oxygen atoms in total. The molecule has 6 heteroatoms. The molecule has 1 saturated heterocycles. The number of nitrogens with zero attached hydrogens (tertiary/aromatic N) is 3. The van der Waals surface area contributed by atoms with Gasteiger partial charge in [-0.25, -0.2) is 4.39 Å². The van der Waals surface area contributed by atoms with Crippen molar-refractivity contribution in [2.24, 2.45) is 0 Å². The van der Waals surface area contributed by atoms with Crippen molar-refractivity contribution in [2.75, 3.05) is 38.5 Å². The summed E-state index contributed by atoms with van der Waals surface area (Å²) in [4.78, 5) is 5.57. The van der Waals surface area contributed by atoms with Gasteiger partial charge < -0.3 is 4.52 Å². The highest BCUT2D eigenvalue weighted by Crippen LogP contribution is 2.21. The molecular formula is C17H22FN3OS. The third-order valence-corrected chi connectivity index (χ3v) is 5.05. The molecule has 124 valence electrons. The van der Waals surface area contributed by atoms with E-state index in [2.05, 4.69) is 15.0 Å². The Kier molecular flexibility index (Phi) is 5.70. The minimum atomic E-state index is -0.121. The van der Waals surface area contributed by atoms with Crippen LogP contribution in [0, 0.1) is 12.7 Å². The van der Waals surface area contributed by atoms with Gasteiger partial charge in [0.1, 0.15) is 5.82 Å². The highest BCUT2D eigenvalue weighted by Gasteiger charge is 2.18. The van der Waals surface area contributed by atoms with Crippen LogP contribution in [-0.2, 0) is 6.54 Å². The first-order valence-corrected chi connectivity index (χ1v) is 8.93. The van der Waals surface area contributed by atoms with Crippen LogP contribution in [0.3, 0.4) is 0 Å². The molecule has 0 saturated carbocycles. The van der Waals surface area contributed by atoms with Gasteiger partial charge in [0.25, 0.3) is 0 Å². The summed E-state index contributed by atoms with van der Waals surface area (Å²) in [5.41, 5.74) is 0.934. The number of aromatic nitrogens is 1. The summed E-state index contributed by atoms with van der Waals surface area (Å²) in [5, 5.41) is 3.93. The quantitative estimate of drug-likeness (QED) is 0.758. The molecular weight excluding hydrogens is 313 g/mol. The van der Waals surface area contributed by atoms with Gasteiger partial charge in [-0.15, -0.1) is 11.8 Å². The largest absolute Gasteiger partial charge is 0.360 e. The summed E-state index contributed by atoms with van der Waals surface area (Å²) in [5.74, 6) is 1.73. The van der Waals surface area contributed by atoms with E-state index in [1.165, 1.54) is 6.07 Å². The average molecular weight is 335 g/mol. The third kappa shape index (κ3) is 4.80. The second kappa shape index (κ2) is 7.95. The van der Waals surface area contributed by atoms with Crippen LogP contribution in [0.4, 0.5) is 4.39 Å². The molecule has 1 fully saturated rings. The second-order valence-corrected chi connectivity index (χ2v) is 6.97. The van der Waals surface area contributed by atoms with E-state index in [9.17, 15) is 4.39 Å². The van der Waals surface area contributed by atoms with Gasteiger partial charge in [0.2, 0.25) is 0 Å². The number of piperazine rings is 1. The zero-order valence-electron chi connectivity index (χ0n) is 13.4. The lowest BCUT2D eigenvalue weighted by Crippen LogP contribution is -2.46. The van der Waals surface area contributed by atoms with Gasteiger partial charge in [0.15, 0.2) is 5.76 Å². The summed E-state index contributed by atoms with van der Waals surface area (Å²) < 4.78 is 18.8. The summed E-state index contributed by atoms with van der Waals surface area (Å²) >= 11 is 1.59. The molecule has 0 amide bonds. The van der Waals surface area contributed by atoms with Crippen molar-refractivity contribution >= 4 is 11.8 Å². The van der Waals surface area contributed by atoms with Crippen molar-refractivity contribution in [3.05, 3.63) is 47.6 Å². The van der Waals surface area contributed by atoms with E-state index in [4.69, 9.17) is 4.52 Å². The molecule has 0 aliphatic carbocycles. The first-order chi connectivity index (χ1) is 11.2. The number of rotatable bonds is 6. The maximum atomic E-state index is 13.6. The van der Waals surface area contributed by atoms with E-state index in [-0.39, 0.29) is 5.82 Å². The summed E-state index contributed by atoms with van der Waals surface area (Å²) in [7, 11) is 0. The van der Waals surface area contributed by atoms with Crippen LogP contribution < -0.4 is 0 Å². The zero-order chi connectivity index (χ0) is 16.1. The normalized spacial score (nSPS) is 16.8. The number of thioether (sulfide) groups is 1. The predicted molar refractivity (Wildman–Crippen MR) is 90.1 cm³/mol. The van der Waals surface area contributed by atoms with E-state index < -0.39 is 0 Å². The molecule has 1 aliphatic heterocycles. The number of aryl methyl sites for hydroxylation is 1. The van der Waals surface area contributed by atoms with Crippen LogP contribution in [0.15, 0.2) is 39.8 Å². The molecule has 0 bridgehead atoms. The van der Waals surface area contributed by atoms with E-state index in [1.807, 2.05) is 25.1 Å². The summed E-state index contributed by atoms with van der Waals surface area (Å²) in [6, 6.07) is 8.98. The fraction of sp³-hybridized carbons (Fsp3) is 0.471. The van der Waals surface area contributed by atoms with Crippen LogP contribution in [0.5, 0.6) is 0 Å². The van der Waals surface area contributed by atoms with Gasteiger partial charge in [-0.1, -0.05) is 17.3 Å². The molecule has 23 heavy (non-hydrogen) atoms. The van der Waals surface area contributed by atoms with Crippen molar-refractivity contribution in [1.82, 2.24) is 15.0 Å². The first-order valence-electron chi connectivity index (χ1n) is 7.95. The second-order valence-electron chi connectivity index (χ2n) is 5.83. The number of hydrogen-bond donors (Lipinski definition) is 0. The monoisotopic (exact) mass is 335 g/mol. The molecule has 3 rings (SSSR count). The maximum Gasteiger partial charge on any atom is 0.150 e. The Bertz CT molecular complexity index is 626. The molecule has 1 aromatic carbocycles. The molecule has 2 aromatic rings. The fourth-order valence-corrected chi connectivity index (χ4v) is 3.68. The summed E-state index contributed by atoms with van der Waals surface area (Å²) in [6.45, 7) is 7.93. The number of benzene rings is 1. The van der Waals surface area contributed by atoms with Gasteiger partial charge in [-0.05, 0) is 19.1 Å². The Labute approximate surface area is 140 Å². The van der Waals surface area contributed by atoms with Gasteiger partial charge in [0.05, 0.1) is 12.2 Å². The molecule has 0 radical (unpaired) electrons. The van der Waals surface area contributed by atoms with Crippen LogP contribution in [-0.4, -0.2) is 53.4 Å². The van der Waals surface area contributed by atoms with Crippen LogP contribution >= 0.6 is 11.8 Å². The van der Waals surface area contributed by atoms with Gasteiger partial charge in [-0.3, -0.25) is 9.80 Å². The van der Waals surface area contributed by atoms with Gasteiger partial charge >= 0.3 is 0 Å². The average Bonchev–Trinajstić information content (AvgIpc) is 2.96.